The SMILES string of the molecule is CC(CCCl)Nc1nnnn1-c1ccccc1. The first-order valence-electron chi connectivity index (χ1n) is 5.47. The Hall–Kier alpha value is -1.62. The van der Waals surface area contributed by atoms with Gasteiger partial charge in [0.2, 0.25) is 5.95 Å². The third-order valence-corrected chi connectivity index (χ3v) is 2.61. The molecular weight excluding hydrogens is 238 g/mol. The fraction of sp³-hybridized carbons (Fsp3) is 0.364. The normalized spacial score (nSPS) is 12.4. The molecule has 1 unspecified atom stereocenters. The molecule has 5 nitrogen and oxygen atoms in total. The Balaban J connectivity index is 2.18. The molecule has 0 aliphatic heterocycles. The molecule has 0 spiro atoms. The van der Waals surface area contributed by atoms with Crippen LogP contribution in [-0.2, 0) is 0 Å². The molecule has 2 aromatic rings. The quantitative estimate of drug-likeness (QED) is 0.827. The van der Waals surface area contributed by atoms with Gasteiger partial charge in [0.15, 0.2) is 0 Å². The molecule has 0 aliphatic rings. The first-order chi connectivity index (χ1) is 8.31. The van der Waals surface area contributed by atoms with E-state index in [-0.39, 0.29) is 6.04 Å². The van der Waals surface area contributed by atoms with Gasteiger partial charge in [-0.3, -0.25) is 0 Å². The third kappa shape index (κ3) is 2.94. The van der Waals surface area contributed by atoms with Crippen LogP contribution in [0, 0.1) is 0 Å². The van der Waals surface area contributed by atoms with Gasteiger partial charge in [-0.25, -0.2) is 0 Å². The van der Waals surface area contributed by atoms with E-state index in [4.69, 9.17) is 11.6 Å². The van der Waals surface area contributed by atoms with Gasteiger partial charge in [0.1, 0.15) is 0 Å². The van der Waals surface area contributed by atoms with Crippen LogP contribution in [0.1, 0.15) is 13.3 Å². The minimum absolute atomic E-state index is 0.237. The second kappa shape index (κ2) is 5.63. The molecule has 1 N–H and O–H groups in total. The van der Waals surface area contributed by atoms with E-state index in [0.717, 1.165) is 12.1 Å². The summed E-state index contributed by atoms with van der Waals surface area (Å²) in [5.41, 5.74) is 0.929. The van der Waals surface area contributed by atoms with Gasteiger partial charge in [0.25, 0.3) is 0 Å². The van der Waals surface area contributed by atoms with Crippen molar-refractivity contribution in [2.24, 2.45) is 0 Å². The van der Waals surface area contributed by atoms with E-state index in [2.05, 4.69) is 20.8 Å². The van der Waals surface area contributed by atoms with Gasteiger partial charge < -0.3 is 5.32 Å². The fourth-order valence-corrected chi connectivity index (χ4v) is 1.80. The number of aromatic nitrogens is 4. The Morgan fingerprint density at radius 1 is 1.35 bits per heavy atom. The largest absolute Gasteiger partial charge is 0.350 e. The van der Waals surface area contributed by atoms with Crippen LogP contribution in [0.5, 0.6) is 0 Å². The van der Waals surface area contributed by atoms with E-state index in [1.165, 1.54) is 0 Å². The van der Waals surface area contributed by atoms with Crippen LogP contribution in [0.4, 0.5) is 5.95 Å². The summed E-state index contributed by atoms with van der Waals surface area (Å²) < 4.78 is 1.67. The highest BCUT2D eigenvalue weighted by Gasteiger charge is 2.10. The van der Waals surface area contributed by atoms with Crippen molar-refractivity contribution in [1.82, 2.24) is 20.2 Å². The van der Waals surface area contributed by atoms with E-state index in [9.17, 15) is 0 Å². The maximum Gasteiger partial charge on any atom is 0.247 e. The summed E-state index contributed by atoms with van der Waals surface area (Å²) in [5.74, 6) is 1.25. The van der Waals surface area contributed by atoms with Gasteiger partial charge in [-0.2, -0.15) is 4.68 Å². The van der Waals surface area contributed by atoms with Crippen LogP contribution < -0.4 is 5.32 Å². The van der Waals surface area contributed by atoms with E-state index in [1.807, 2.05) is 37.3 Å². The second-order valence-electron chi connectivity index (χ2n) is 3.77. The van der Waals surface area contributed by atoms with Crippen LogP contribution >= 0.6 is 11.6 Å². The van der Waals surface area contributed by atoms with Gasteiger partial charge in [0, 0.05) is 11.9 Å². The maximum absolute atomic E-state index is 5.69. The van der Waals surface area contributed by atoms with Crippen molar-refractivity contribution in [3.63, 3.8) is 0 Å². The molecule has 1 atom stereocenters. The monoisotopic (exact) mass is 251 g/mol. The maximum atomic E-state index is 5.69. The molecule has 6 heteroatoms. The molecule has 0 amide bonds. The van der Waals surface area contributed by atoms with Crippen molar-refractivity contribution < 1.29 is 0 Å². The van der Waals surface area contributed by atoms with Gasteiger partial charge in [-0.05, 0) is 35.9 Å². The Kier molecular flexibility index (Phi) is 3.93. The Bertz CT molecular complexity index is 456. The number of hydrogen-bond acceptors (Lipinski definition) is 4. The third-order valence-electron chi connectivity index (χ3n) is 2.39. The number of alkyl halides is 1. The fourth-order valence-electron chi connectivity index (χ4n) is 1.48. The van der Waals surface area contributed by atoms with E-state index >= 15 is 0 Å². The average Bonchev–Trinajstić information content (AvgIpc) is 2.78. The van der Waals surface area contributed by atoms with Gasteiger partial charge in [-0.1, -0.05) is 23.3 Å². The number of halogens is 1. The highest BCUT2D eigenvalue weighted by atomic mass is 35.5. The molecule has 1 aromatic heterocycles. The van der Waals surface area contributed by atoms with Crippen molar-refractivity contribution in [1.29, 1.82) is 0 Å². The van der Waals surface area contributed by atoms with Crippen molar-refractivity contribution in [2.45, 2.75) is 19.4 Å². The Morgan fingerprint density at radius 2 is 2.12 bits per heavy atom. The molecule has 0 radical (unpaired) electrons. The summed E-state index contributed by atoms with van der Waals surface area (Å²) in [6.07, 6.45) is 0.864. The summed E-state index contributed by atoms with van der Waals surface area (Å²) in [5, 5.41) is 14.8. The van der Waals surface area contributed by atoms with Crippen LogP contribution in [-0.4, -0.2) is 32.1 Å². The standard InChI is InChI=1S/C11H14ClN5/c1-9(7-8-12)13-11-14-15-16-17(11)10-5-3-2-4-6-10/h2-6,9H,7-8H2,1H3,(H,13,14,16). The highest BCUT2D eigenvalue weighted by molar-refractivity contribution is 6.17. The van der Waals surface area contributed by atoms with E-state index in [1.54, 1.807) is 4.68 Å². The molecular formula is C11H14ClN5. The van der Waals surface area contributed by atoms with Crippen LogP contribution in [0.3, 0.4) is 0 Å². The summed E-state index contributed by atoms with van der Waals surface area (Å²) in [6, 6.07) is 9.99. The predicted molar refractivity (Wildman–Crippen MR) is 67.6 cm³/mol. The molecule has 2 rings (SSSR count). The summed E-state index contributed by atoms with van der Waals surface area (Å²) in [7, 11) is 0. The van der Waals surface area contributed by atoms with Crippen molar-refractivity contribution in [2.75, 3.05) is 11.2 Å². The van der Waals surface area contributed by atoms with Crippen LogP contribution in [0.2, 0.25) is 0 Å². The topological polar surface area (TPSA) is 55.6 Å². The molecule has 90 valence electrons. The predicted octanol–water partition coefficient (Wildman–Crippen LogP) is 2.09. The lowest BCUT2D eigenvalue weighted by Gasteiger charge is -2.12. The van der Waals surface area contributed by atoms with Crippen LogP contribution in [0.25, 0.3) is 5.69 Å². The second-order valence-corrected chi connectivity index (χ2v) is 4.15. The lowest BCUT2D eigenvalue weighted by Crippen LogP contribution is -2.18. The molecule has 0 saturated heterocycles. The first kappa shape index (κ1) is 11.9. The number of hydrogen-bond donors (Lipinski definition) is 1. The van der Waals surface area contributed by atoms with Crippen molar-refractivity contribution >= 4 is 17.5 Å². The van der Waals surface area contributed by atoms with Crippen LogP contribution in [0.15, 0.2) is 30.3 Å². The smallest absolute Gasteiger partial charge is 0.247 e. The molecule has 17 heavy (non-hydrogen) atoms. The number of anilines is 1. The number of rotatable bonds is 5. The zero-order valence-electron chi connectivity index (χ0n) is 9.55. The molecule has 0 saturated carbocycles. The number of nitrogens with one attached hydrogen (secondary N) is 1. The molecule has 0 fully saturated rings. The zero-order valence-corrected chi connectivity index (χ0v) is 10.3. The van der Waals surface area contributed by atoms with Crippen molar-refractivity contribution in [3.05, 3.63) is 30.3 Å². The van der Waals surface area contributed by atoms with E-state index < -0.39 is 0 Å². The Morgan fingerprint density at radius 3 is 2.82 bits per heavy atom. The average molecular weight is 252 g/mol. The van der Waals surface area contributed by atoms with E-state index in [0.29, 0.717) is 11.8 Å². The van der Waals surface area contributed by atoms with Gasteiger partial charge >= 0.3 is 0 Å². The lowest BCUT2D eigenvalue weighted by molar-refractivity contribution is 0.741. The number of tetrazole rings is 1. The van der Waals surface area contributed by atoms with Gasteiger partial charge in [0.05, 0.1) is 5.69 Å². The number of para-hydroxylation sites is 1. The lowest BCUT2D eigenvalue weighted by atomic mass is 10.3. The highest BCUT2D eigenvalue weighted by Crippen LogP contribution is 2.12. The molecule has 0 bridgehead atoms. The summed E-state index contributed by atoms with van der Waals surface area (Å²) in [4.78, 5) is 0. The molecule has 0 aliphatic carbocycles. The molecule has 1 aromatic carbocycles. The summed E-state index contributed by atoms with van der Waals surface area (Å²) >= 11 is 5.69. The molecule has 1 heterocycles. The number of benzene rings is 1. The first-order valence-corrected chi connectivity index (χ1v) is 6.01. The summed E-state index contributed by atoms with van der Waals surface area (Å²) in [6.45, 7) is 2.05. The van der Waals surface area contributed by atoms with Gasteiger partial charge in [-0.15, -0.1) is 11.6 Å². The Labute approximate surface area is 105 Å². The van der Waals surface area contributed by atoms with Crippen molar-refractivity contribution in [3.8, 4) is 5.69 Å². The minimum atomic E-state index is 0.237. The zero-order chi connectivity index (χ0) is 12.1. The number of nitrogens with zero attached hydrogens (tertiary/aromatic N) is 4. The minimum Gasteiger partial charge on any atom is -0.350 e.